The summed E-state index contributed by atoms with van der Waals surface area (Å²) in [6, 6.07) is 8.71. The summed E-state index contributed by atoms with van der Waals surface area (Å²) in [7, 11) is 6.51. The lowest BCUT2D eigenvalue weighted by molar-refractivity contribution is -0.116. The zero-order chi connectivity index (χ0) is 20.3. The minimum Gasteiger partial charge on any atom is -0.493 e. The van der Waals surface area contributed by atoms with Crippen LogP contribution in [0, 0.1) is 0 Å². The molecule has 3 rings (SSSR count). The minimum atomic E-state index is -0.153. The molecule has 2 aromatic carbocycles. The number of fused-ring (bicyclic) bond motifs is 1. The average molecular weight is 407 g/mol. The third-order valence-electron chi connectivity index (χ3n) is 4.65. The van der Waals surface area contributed by atoms with E-state index in [9.17, 15) is 4.79 Å². The van der Waals surface area contributed by atoms with Crippen molar-refractivity contribution in [3.63, 3.8) is 0 Å². The Balaban J connectivity index is 1.72. The normalized spacial score (nSPS) is 15.3. The molecule has 0 fully saturated rings. The van der Waals surface area contributed by atoms with Crippen LogP contribution in [0.2, 0.25) is 5.02 Å². The summed E-state index contributed by atoms with van der Waals surface area (Å²) < 4.78 is 21.7. The van der Waals surface area contributed by atoms with Crippen molar-refractivity contribution in [2.45, 2.75) is 12.5 Å². The standard InChI is InChI=1S/C20H23ClN2O5/c1-23-14(11-28-16-6-5-12(21)7-15(16)23)10-19(24)22-13-8-17(25-2)20(27-4)18(9-13)26-3/h5-9,14H,10-11H2,1-4H3,(H,22,24)/t14-/m1/s1. The fraction of sp³-hybridized carbons (Fsp3) is 0.350. The number of nitrogens with one attached hydrogen (secondary N) is 1. The average Bonchev–Trinajstić information content (AvgIpc) is 2.69. The number of rotatable bonds is 6. The molecule has 0 unspecified atom stereocenters. The van der Waals surface area contributed by atoms with E-state index < -0.39 is 0 Å². The van der Waals surface area contributed by atoms with Gasteiger partial charge in [0.2, 0.25) is 11.7 Å². The lowest BCUT2D eigenvalue weighted by Crippen LogP contribution is -2.42. The highest BCUT2D eigenvalue weighted by molar-refractivity contribution is 6.31. The molecule has 0 spiro atoms. The van der Waals surface area contributed by atoms with Gasteiger partial charge in [0.15, 0.2) is 11.5 Å². The highest BCUT2D eigenvalue weighted by Gasteiger charge is 2.27. The molecule has 2 aromatic rings. The maximum absolute atomic E-state index is 12.6. The Morgan fingerprint density at radius 2 is 1.86 bits per heavy atom. The van der Waals surface area contributed by atoms with Crippen LogP contribution < -0.4 is 29.2 Å². The minimum absolute atomic E-state index is 0.118. The van der Waals surface area contributed by atoms with Crippen LogP contribution in [0.3, 0.4) is 0 Å². The lowest BCUT2D eigenvalue weighted by Gasteiger charge is -2.35. The van der Waals surface area contributed by atoms with E-state index >= 15 is 0 Å². The van der Waals surface area contributed by atoms with E-state index in [2.05, 4.69) is 5.32 Å². The van der Waals surface area contributed by atoms with E-state index in [0.29, 0.717) is 34.6 Å². The van der Waals surface area contributed by atoms with Gasteiger partial charge >= 0.3 is 0 Å². The molecule has 1 aliphatic heterocycles. The number of benzene rings is 2. The smallest absolute Gasteiger partial charge is 0.226 e. The third-order valence-corrected chi connectivity index (χ3v) is 4.88. The molecule has 0 saturated heterocycles. The topological polar surface area (TPSA) is 69.3 Å². The van der Waals surface area contributed by atoms with Crippen LogP contribution in [-0.2, 0) is 4.79 Å². The zero-order valence-corrected chi connectivity index (χ0v) is 17.0. The molecule has 0 bridgehead atoms. The van der Waals surface area contributed by atoms with E-state index in [-0.39, 0.29) is 18.4 Å². The first-order valence-electron chi connectivity index (χ1n) is 8.71. The summed E-state index contributed by atoms with van der Waals surface area (Å²) in [6.07, 6.45) is 0.249. The Bertz CT molecular complexity index is 849. The summed E-state index contributed by atoms with van der Waals surface area (Å²) in [5.74, 6) is 2.02. The first-order chi connectivity index (χ1) is 13.5. The second-order valence-electron chi connectivity index (χ2n) is 6.35. The fourth-order valence-electron chi connectivity index (χ4n) is 3.16. The van der Waals surface area contributed by atoms with Crippen molar-refractivity contribution >= 4 is 28.9 Å². The molecule has 7 nitrogen and oxygen atoms in total. The lowest BCUT2D eigenvalue weighted by atomic mass is 10.1. The van der Waals surface area contributed by atoms with Crippen molar-refractivity contribution in [1.82, 2.24) is 0 Å². The molecule has 1 atom stereocenters. The Morgan fingerprint density at radius 3 is 2.46 bits per heavy atom. The molecule has 0 aromatic heterocycles. The first kappa shape index (κ1) is 19.9. The van der Waals surface area contributed by atoms with Crippen molar-refractivity contribution in [2.24, 2.45) is 0 Å². The van der Waals surface area contributed by atoms with Gasteiger partial charge in [-0.25, -0.2) is 0 Å². The van der Waals surface area contributed by atoms with Gasteiger partial charge in [-0.2, -0.15) is 0 Å². The predicted octanol–water partition coefficient (Wildman–Crippen LogP) is 3.59. The van der Waals surface area contributed by atoms with E-state index in [1.165, 1.54) is 21.3 Å². The highest BCUT2D eigenvalue weighted by atomic mass is 35.5. The molecule has 0 radical (unpaired) electrons. The number of hydrogen-bond acceptors (Lipinski definition) is 6. The van der Waals surface area contributed by atoms with Crippen LogP contribution in [0.15, 0.2) is 30.3 Å². The van der Waals surface area contributed by atoms with Gasteiger partial charge in [0, 0.05) is 29.9 Å². The molecule has 0 aliphatic carbocycles. The van der Waals surface area contributed by atoms with Gasteiger partial charge in [-0.1, -0.05) is 11.6 Å². The van der Waals surface area contributed by atoms with Crippen LogP contribution in [0.5, 0.6) is 23.0 Å². The molecular formula is C20H23ClN2O5. The van der Waals surface area contributed by atoms with Gasteiger partial charge in [-0.05, 0) is 18.2 Å². The van der Waals surface area contributed by atoms with E-state index in [4.69, 9.17) is 30.5 Å². The van der Waals surface area contributed by atoms with Gasteiger partial charge in [-0.15, -0.1) is 0 Å². The molecule has 1 heterocycles. The van der Waals surface area contributed by atoms with Crippen molar-refractivity contribution in [1.29, 1.82) is 0 Å². The molecule has 1 aliphatic rings. The number of carbonyl (C=O) groups is 1. The second kappa shape index (κ2) is 8.48. The van der Waals surface area contributed by atoms with Crippen LogP contribution >= 0.6 is 11.6 Å². The molecule has 8 heteroatoms. The number of nitrogens with zero attached hydrogens (tertiary/aromatic N) is 1. The maximum Gasteiger partial charge on any atom is 0.226 e. The Morgan fingerprint density at radius 1 is 1.18 bits per heavy atom. The summed E-state index contributed by atoms with van der Waals surface area (Å²) in [5.41, 5.74) is 1.42. The van der Waals surface area contributed by atoms with Gasteiger partial charge in [-0.3, -0.25) is 4.79 Å². The number of amides is 1. The predicted molar refractivity (Wildman–Crippen MR) is 108 cm³/mol. The van der Waals surface area contributed by atoms with E-state index in [1.54, 1.807) is 18.2 Å². The van der Waals surface area contributed by atoms with Gasteiger partial charge < -0.3 is 29.2 Å². The molecule has 1 N–H and O–H groups in total. The van der Waals surface area contributed by atoms with Crippen LogP contribution in [-0.4, -0.2) is 46.9 Å². The summed E-state index contributed by atoms with van der Waals surface area (Å²) in [6.45, 7) is 0.411. The number of methoxy groups -OCH3 is 3. The van der Waals surface area contributed by atoms with Crippen molar-refractivity contribution in [3.05, 3.63) is 35.4 Å². The Labute approximate surface area is 169 Å². The number of likely N-dealkylation sites (N-methyl/N-ethyl adjacent to an activating group) is 1. The van der Waals surface area contributed by atoms with Crippen molar-refractivity contribution < 1.29 is 23.7 Å². The van der Waals surface area contributed by atoms with E-state index in [0.717, 1.165) is 11.4 Å². The van der Waals surface area contributed by atoms with Gasteiger partial charge in [0.1, 0.15) is 12.4 Å². The fourth-order valence-corrected chi connectivity index (χ4v) is 3.32. The second-order valence-corrected chi connectivity index (χ2v) is 6.79. The molecular weight excluding hydrogens is 384 g/mol. The summed E-state index contributed by atoms with van der Waals surface area (Å²) in [5, 5.41) is 3.51. The third kappa shape index (κ3) is 4.04. The Hall–Kier alpha value is -2.80. The van der Waals surface area contributed by atoms with Crippen LogP contribution in [0.4, 0.5) is 11.4 Å². The summed E-state index contributed by atoms with van der Waals surface area (Å²) >= 11 is 6.09. The molecule has 1 amide bonds. The van der Waals surface area contributed by atoms with Crippen molar-refractivity contribution in [3.8, 4) is 23.0 Å². The number of carbonyl (C=O) groups excluding carboxylic acids is 1. The maximum atomic E-state index is 12.6. The largest absolute Gasteiger partial charge is 0.493 e. The Kier molecular flexibility index (Phi) is 6.04. The quantitative estimate of drug-likeness (QED) is 0.790. The SMILES string of the molecule is COc1cc(NC(=O)C[C@@H]2COc3ccc(Cl)cc3N2C)cc(OC)c1OC. The zero-order valence-electron chi connectivity index (χ0n) is 16.2. The molecule has 0 saturated carbocycles. The van der Waals surface area contributed by atoms with Gasteiger partial charge in [0.05, 0.1) is 39.5 Å². The number of halogens is 1. The van der Waals surface area contributed by atoms with Crippen LogP contribution in [0.25, 0.3) is 0 Å². The van der Waals surface area contributed by atoms with Crippen LogP contribution in [0.1, 0.15) is 6.42 Å². The monoisotopic (exact) mass is 406 g/mol. The van der Waals surface area contributed by atoms with Crippen molar-refractivity contribution in [2.75, 3.05) is 45.2 Å². The van der Waals surface area contributed by atoms with E-state index in [1.807, 2.05) is 24.1 Å². The summed E-state index contributed by atoms with van der Waals surface area (Å²) in [4.78, 5) is 14.6. The highest BCUT2D eigenvalue weighted by Crippen LogP contribution is 2.40. The number of ether oxygens (including phenoxy) is 4. The molecule has 150 valence electrons. The number of anilines is 2. The molecule has 28 heavy (non-hydrogen) atoms. The van der Waals surface area contributed by atoms with Gasteiger partial charge in [0.25, 0.3) is 0 Å². The first-order valence-corrected chi connectivity index (χ1v) is 9.09. The number of hydrogen-bond donors (Lipinski definition) is 1.